The Morgan fingerprint density at radius 3 is 1.64 bits per heavy atom. The molecule has 0 aliphatic rings. The van der Waals surface area contributed by atoms with E-state index in [-0.39, 0.29) is 0 Å². The number of hydrogen-bond donors (Lipinski definition) is 0. The zero-order valence-corrected chi connectivity index (χ0v) is 33.2. The molecule has 0 amide bonds. The lowest BCUT2D eigenvalue weighted by Crippen LogP contribution is -2.11. The summed E-state index contributed by atoms with van der Waals surface area (Å²) < 4.78 is 8.82. The standard InChI is InChI=1S/C58H38N2O/c1-2-13-41(14-3-1)48-18-6-9-22-54(48)59(46-33-27-40(28-34-46)44-30-36-57-53(38-44)52-35-29-42-15-4-5-19-49(42)58(52)61-57)45-31-25-39(26-32-45)43-16-12-17-47(37-43)60-55-23-10-7-20-50(55)51-21-8-11-24-56(51)60/h1-38H. The van der Waals surface area contributed by atoms with Crippen molar-refractivity contribution in [1.29, 1.82) is 0 Å². The van der Waals surface area contributed by atoms with Crippen LogP contribution in [0.1, 0.15) is 0 Å². The molecule has 0 atom stereocenters. The van der Waals surface area contributed by atoms with Crippen LogP contribution in [0.5, 0.6) is 0 Å². The third kappa shape index (κ3) is 5.90. The van der Waals surface area contributed by atoms with Gasteiger partial charge in [-0.1, -0.05) is 158 Å². The van der Waals surface area contributed by atoms with E-state index in [4.69, 9.17) is 4.42 Å². The Morgan fingerprint density at radius 2 is 0.918 bits per heavy atom. The van der Waals surface area contributed by atoms with Crippen LogP contribution >= 0.6 is 0 Å². The fourth-order valence-corrected chi connectivity index (χ4v) is 9.27. The normalized spacial score (nSPS) is 11.6. The van der Waals surface area contributed by atoms with E-state index in [1.165, 1.54) is 43.9 Å². The van der Waals surface area contributed by atoms with Gasteiger partial charge in [0.25, 0.3) is 0 Å². The lowest BCUT2D eigenvalue weighted by molar-refractivity contribution is 0.672. The number of nitrogens with zero attached hydrogens (tertiary/aromatic N) is 2. The third-order valence-corrected chi connectivity index (χ3v) is 12.2. The van der Waals surface area contributed by atoms with E-state index in [0.717, 1.165) is 66.8 Å². The first kappa shape index (κ1) is 34.9. The number of fused-ring (bicyclic) bond motifs is 8. The number of hydrogen-bond acceptors (Lipinski definition) is 2. The second-order valence-corrected chi connectivity index (χ2v) is 15.7. The summed E-state index contributed by atoms with van der Waals surface area (Å²) in [6.45, 7) is 0. The molecule has 2 heterocycles. The van der Waals surface area contributed by atoms with Gasteiger partial charge in [0.1, 0.15) is 11.2 Å². The molecule has 0 saturated heterocycles. The molecule has 0 aliphatic heterocycles. The zero-order chi connectivity index (χ0) is 40.3. The molecule has 10 aromatic carbocycles. The summed E-state index contributed by atoms with van der Waals surface area (Å²) in [7, 11) is 0. The van der Waals surface area contributed by atoms with E-state index < -0.39 is 0 Å². The lowest BCUT2D eigenvalue weighted by atomic mass is 9.99. The van der Waals surface area contributed by atoms with Crippen molar-refractivity contribution in [1.82, 2.24) is 4.57 Å². The van der Waals surface area contributed by atoms with Crippen LogP contribution in [0.25, 0.3) is 93.6 Å². The molecule has 0 aliphatic carbocycles. The highest BCUT2D eigenvalue weighted by Crippen LogP contribution is 2.43. The summed E-state index contributed by atoms with van der Waals surface area (Å²) in [4.78, 5) is 2.38. The first-order chi connectivity index (χ1) is 30.2. The largest absolute Gasteiger partial charge is 0.455 e. The first-order valence-corrected chi connectivity index (χ1v) is 20.8. The van der Waals surface area contributed by atoms with Gasteiger partial charge in [-0.05, 0) is 106 Å². The molecule has 286 valence electrons. The summed E-state index contributed by atoms with van der Waals surface area (Å²) in [5.41, 5.74) is 15.6. The number of para-hydroxylation sites is 3. The van der Waals surface area contributed by atoms with Crippen LogP contribution in [0.3, 0.4) is 0 Å². The predicted molar refractivity (Wildman–Crippen MR) is 257 cm³/mol. The van der Waals surface area contributed by atoms with Gasteiger partial charge in [0.05, 0.1) is 16.7 Å². The van der Waals surface area contributed by atoms with E-state index >= 15 is 0 Å². The van der Waals surface area contributed by atoms with E-state index in [9.17, 15) is 0 Å². The van der Waals surface area contributed by atoms with Gasteiger partial charge < -0.3 is 13.9 Å². The van der Waals surface area contributed by atoms with Gasteiger partial charge in [-0.3, -0.25) is 0 Å². The highest BCUT2D eigenvalue weighted by molar-refractivity contribution is 6.15. The maximum absolute atomic E-state index is 6.44. The fraction of sp³-hybridized carbons (Fsp3) is 0. The van der Waals surface area contributed by atoms with Crippen molar-refractivity contribution >= 4 is 71.6 Å². The quantitative estimate of drug-likeness (QED) is 0.161. The first-order valence-electron chi connectivity index (χ1n) is 20.8. The highest BCUT2D eigenvalue weighted by atomic mass is 16.3. The van der Waals surface area contributed by atoms with Crippen molar-refractivity contribution in [2.24, 2.45) is 0 Å². The van der Waals surface area contributed by atoms with Crippen LogP contribution in [0.15, 0.2) is 235 Å². The Kier molecular flexibility index (Phi) is 8.17. The predicted octanol–water partition coefficient (Wildman–Crippen LogP) is 16.3. The van der Waals surface area contributed by atoms with E-state index in [2.05, 4.69) is 240 Å². The minimum atomic E-state index is 0.900. The molecule has 0 bridgehead atoms. The van der Waals surface area contributed by atoms with Gasteiger partial charge >= 0.3 is 0 Å². The Morgan fingerprint density at radius 1 is 0.344 bits per heavy atom. The van der Waals surface area contributed by atoms with Gasteiger partial charge in [-0.25, -0.2) is 0 Å². The molecule has 3 nitrogen and oxygen atoms in total. The topological polar surface area (TPSA) is 21.3 Å². The van der Waals surface area contributed by atoms with E-state index in [1.54, 1.807) is 0 Å². The van der Waals surface area contributed by atoms with Crippen molar-refractivity contribution in [3.05, 3.63) is 231 Å². The zero-order valence-electron chi connectivity index (χ0n) is 33.2. The van der Waals surface area contributed by atoms with Crippen molar-refractivity contribution in [2.45, 2.75) is 0 Å². The molecule has 0 fully saturated rings. The van der Waals surface area contributed by atoms with Crippen LogP contribution < -0.4 is 4.90 Å². The third-order valence-electron chi connectivity index (χ3n) is 12.2. The van der Waals surface area contributed by atoms with Gasteiger partial charge in [0, 0.05) is 49.6 Å². The lowest BCUT2D eigenvalue weighted by Gasteiger charge is -2.28. The van der Waals surface area contributed by atoms with Crippen molar-refractivity contribution < 1.29 is 4.42 Å². The second kappa shape index (κ2) is 14.3. The minimum Gasteiger partial charge on any atom is -0.455 e. The van der Waals surface area contributed by atoms with Crippen LogP contribution in [-0.2, 0) is 0 Å². The number of benzene rings is 10. The second-order valence-electron chi connectivity index (χ2n) is 15.7. The summed E-state index contributed by atoms with van der Waals surface area (Å²) in [6, 6.07) is 82.9. The Balaban J connectivity index is 0.935. The molecule has 0 N–H and O–H groups in total. The number of aromatic nitrogens is 1. The van der Waals surface area contributed by atoms with Crippen LogP contribution in [0, 0.1) is 0 Å². The Labute approximate surface area is 353 Å². The molecule has 0 radical (unpaired) electrons. The van der Waals surface area contributed by atoms with Crippen LogP contribution in [0.2, 0.25) is 0 Å². The molecular formula is C58H38N2O. The maximum atomic E-state index is 6.44. The summed E-state index contributed by atoms with van der Waals surface area (Å²) in [5.74, 6) is 0. The fourth-order valence-electron chi connectivity index (χ4n) is 9.27. The molecule has 12 rings (SSSR count). The summed E-state index contributed by atoms with van der Waals surface area (Å²) in [5, 5.41) is 7.11. The molecule has 61 heavy (non-hydrogen) atoms. The summed E-state index contributed by atoms with van der Waals surface area (Å²) in [6.07, 6.45) is 0. The van der Waals surface area contributed by atoms with Gasteiger partial charge in [-0.2, -0.15) is 0 Å². The van der Waals surface area contributed by atoms with Gasteiger partial charge in [0.15, 0.2) is 0 Å². The van der Waals surface area contributed by atoms with Gasteiger partial charge in [0.2, 0.25) is 0 Å². The van der Waals surface area contributed by atoms with E-state index in [0.29, 0.717) is 0 Å². The molecule has 0 unspecified atom stereocenters. The monoisotopic (exact) mass is 778 g/mol. The number of furan rings is 1. The highest BCUT2D eigenvalue weighted by Gasteiger charge is 2.19. The van der Waals surface area contributed by atoms with Gasteiger partial charge in [-0.15, -0.1) is 0 Å². The van der Waals surface area contributed by atoms with Crippen molar-refractivity contribution in [2.75, 3.05) is 4.90 Å². The van der Waals surface area contributed by atoms with Crippen molar-refractivity contribution in [3.63, 3.8) is 0 Å². The Hall–Kier alpha value is -8.14. The minimum absolute atomic E-state index is 0.900. The average Bonchev–Trinajstić information content (AvgIpc) is 3.89. The SMILES string of the molecule is c1ccc(-c2ccccc2N(c2ccc(-c3cccc(-n4c5ccccc5c5ccccc54)c3)cc2)c2ccc(-c3ccc4oc5c6ccccc6ccc5c4c3)cc2)cc1. The summed E-state index contributed by atoms with van der Waals surface area (Å²) >= 11 is 0. The molecular weight excluding hydrogens is 741 g/mol. The molecule has 3 heteroatoms. The Bertz CT molecular complexity index is 3520. The number of rotatable bonds is 7. The average molecular weight is 779 g/mol. The molecule has 12 aromatic rings. The van der Waals surface area contributed by atoms with Crippen LogP contribution in [-0.4, -0.2) is 4.57 Å². The smallest absolute Gasteiger partial charge is 0.143 e. The molecule has 2 aromatic heterocycles. The molecule has 0 saturated carbocycles. The van der Waals surface area contributed by atoms with Crippen LogP contribution in [0.4, 0.5) is 17.1 Å². The maximum Gasteiger partial charge on any atom is 0.143 e. The van der Waals surface area contributed by atoms with Crippen molar-refractivity contribution in [3.8, 4) is 39.1 Å². The number of anilines is 3. The molecule has 0 spiro atoms. The van der Waals surface area contributed by atoms with E-state index in [1.807, 2.05) is 0 Å².